The van der Waals surface area contributed by atoms with Crippen LogP contribution in [-0.4, -0.2) is 4.57 Å². The van der Waals surface area contributed by atoms with E-state index in [2.05, 4.69) is 191 Å². The van der Waals surface area contributed by atoms with Gasteiger partial charge in [-0.2, -0.15) is 0 Å². The average Bonchev–Trinajstić information content (AvgIpc) is 3.54. The van der Waals surface area contributed by atoms with Crippen LogP contribution in [0.2, 0.25) is 0 Å². The summed E-state index contributed by atoms with van der Waals surface area (Å²) in [4.78, 5) is 2.32. The first-order valence-corrected chi connectivity index (χ1v) is 17.3. The summed E-state index contributed by atoms with van der Waals surface area (Å²) in [5, 5.41) is 2.42. The van der Waals surface area contributed by atoms with Gasteiger partial charge in [-0.25, -0.2) is 0 Å². The van der Waals surface area contributed by atoms with Gasteiger partial charge in [0.2, 0.25) is 0 Å². The van der Waals surface area contributed by atoms with Crippen molar-refractivity contribution in [1.29, 1.82) is 0 Å². The minimum Gasteiger partial charge on any atom is -0.453 e. The van der Waals surface area contributed by atoms with E-state index in [1.165, 1.54) is 49.7 Å². The molecular weight excluding hydrogens is 621 g/mol. The summed E-state index contributed by atoms with van der Waals surface area (Å²) in [6.07, 6.45) is 0. The van der Waals surface area contributed by atoms with E-state index in [9.17, 15) is 0 Å². The maximum atomic E-state index is 6.33. The molecule has 0 amide bonds. The van der Waals surface area contributed by atoms with Crippen molar-refractivity contribution in [3.63, 3.8) is 0 Å². The number of rotatable bonds is 6. The van der Waals surface area contributed by atoms with Gasteiger partial charge < -0.3 is 14.2 Å². The molecular formula is C48H32N2O. The molecule has 240 valence electrons. The van der Waals surface area contributed by atoms with Crippen LogP contribution in [0.25, 0.3) is 60.9 Å². The van der Waals surface area contributed by atoms with Gasteiger partial charge in [0.25, 0.3) is 0 Å². The van der Waals surface area contributed by atoms with Crippen LogP contribution in [0, 0.1) is 0 Å². The molecule has 1 aliphatic heterocycles. The van der Waals surface area contributed by atoms with Crippen molar-refractivity contribution in [2.45, 2.75) is 0 Å². The molecule has 0 saturated heterocycles. The molecule has 8 aromatic carbocycles. The molecule has 0 bridgehead atoms. The molecule has 0 fully saturated rings. The van der Waals surface area contributed by atoms with Gasteiger partial charge in [-0.15, -0.1) is 0 Å². The summed E-state index contributed by atoms with van der Waals surface area (Å²) in [5.74, 6) is 1.77. The van der Waals surface area contributed by atoms with Crippen LogP contribution in [0.4, 0.5) is 17.1 Å². The van der Waals surface area contributed by atoms with Crippen LogP contribution in [0.3, 0.4) is 0 Å². The summed E-state index contributed by atoms with van der Waals surface area (Å²) in [6, 6.07) is 69.1. The number of nitrogens with zero attached hydrogens (tertiary/aromatic N) is 2. The van der Waals surface area contributed by atoms with E-state index in [1.54, 1.807) is 0 Å². The highest BCUT2D eigenvalue weighted by Gasteiger charge is 2.23. The van der Waals surface area contributed by atoms with Crippen molar-refractivity contribution in [3.8, 4) is 50.6 Å². The van der Waals surface area contributed by atoms with Gasteiger partial charge in [-0.05, 0) is 94.0 Å². The Morgan fingerprint density at radius 1 is 0.353 bits per heavy atom. The van der Waals surface area contributed by atoms with E-state index < -0.39 is 0 Å². The molecule has 2 heterocycles. The maximum Gasteiger partial charge on any atom is 0.152 e. The van der Waals surface area contributed by atoms with E-state index in [4.69, 9.17) is 4.74 Å². The zero-order chi connectivity index (χ0) is 33.7. The number of para-hydroxylation sites is 4. The number of benzene rings is 8. The van der Waals surface area contributed by atoms with Crippen LogP contribution < -0.4 is 9.64 Å². The molecule has 3 nitrogen and oxygen atoms in total. The topological polar surface area (TPSA) is 17.4 Å². The van der Waals surface area contributed by atoms with Gasteiger partial charge in [0.1, 0.15) is 0 Å². The second kappa shape index (κ2) is 11.9. The summed E-state index contributed by atoms with van der Waals surface area (Å²) < 4.78 is 8.68. The minimum absolute atomic E-state index is 0.875. The lowest BCUT2D eigenvalue weighted by Gasteiger charge is -2.26. The third-order valence-corrected chi connectivity index (χ3v) is 10.0. The van der Waals surface area contributed by atoms with Gasteiger partial charge in [-0.3, -0.25) is 0 Å². The highest BCUT2D eigenvalue weighted by Crippen LogP contribution is 2.46. The van der Waals surface area contributed by atoms with Crippen LogP contribution in [0.1, 0.15) is 0 Å². The molecule has 51 heavy (non-hydrogen) atoms. The van der Waals surface area contributed by atoms with Crippen molar-refractivity contribution < 1.29 is 4.74 Å². The molecule has 0 saturated carbocycles. The Hall–Kier alpha value is -6.84. The molecule has 0 aliphatic carbocycles. The molecule has 1 aromatic heterocycles. The number of fused-ring (bicyclic) bond motifs is 5. The van der Waals surface area contributed by atoms with Crippen LogP contribution in [0.15, 0.2) is 194 Å². The molecule has 0 unspecified atom stereocenters. The molecule has 0 atom stereocenters. The van der Waals surface area contributed by atoms with Crippen LogP contribution in [0.5, 0.6) is 11.5 Å². The second-order valence-corrected chi connectivity index (χ2v) is 13.0. The Morgan fingerprint density at radius 2 is 0.843 bits per heavy atom. The summed E-state index contributed by atoms with van der Waals surface area (Å²) >= 11 is 0. The number of hydrogen-bond acceptors (Lipinski definition) is 2. The van der Waals surface area contributed by atoms with Crippen molar-refractivity contribution in [3.05, 3.63) is 194 Å². The summed E-state index contributed by atoms with van der Waals surface area (Å²) in [7, 11) is 0. The predicted molar refractivity (Wildman–Crippen MR) is 212 cm³/mol. The Balaban J connectivity index is 0.996. The fraction of sp³-hybridized carbons (Fsp3) is 0. The van der Waals surface area contributed by atoms with Gasteiger partial charge in [0, 0.05) is 27.8 Å². The lowest BCUT2D eigenvalue weighted by Crippen LogP contribution is -2.09. The second-order valence-electron chi connectivity index (χ2n) is 13.0. The van der Waals surface area contributed by atoms with Gasteiger partial charge >= 0.3 is 0 Å². The van der Waals surface area contributed by atoms with Gasteiger partial charge in [0.05, 0.1) is 16.7 Å². The maximum absolute atomic E-state index is 6.33. The Bertz CT molecular complexity index is 2680. The zero-order valence-electron chi connectivity index (χ0n) is 27.8. The van der Waals surface area contributed by atoms with Crippen molar-refractivity contribution in [1.82, 2.24) is 4.57 Å². The predicted octanol–water partition coefficient (Wildman–Crippen LogP) is 13.4. The SMILES string of the molecule is c1ccc(-c2ccc(-c3ccc(N(c4ccccc4)c4ccc(-c5ccc6c7cccc8c7n(c6c5)-c5ccccc5O8)cc4)cc3)cc2)cc1. The normalized spacial score (nSPS) is 11.7. The third kappa shape index (κ3) is 4.98. The van der Waals surface area contributed by atoms with Crippen LogP contribution >= 0.6 is 0 Å². The molecule has 3 heteroatoms. The van der Waals surface area contributed by atoms with Crippen LogP contribution in [-0.2, 0) is 0 Å². The highest BCUT2D eigenvalue weighted by atomic mass is 16.5. The van der Waals surface area contributed by atoms with E-state index in [1.807, 2.05) is 12.1 Å². The molecule has 0 spiro atoms. The quantitative estimate of drug-likeness (QED) is 0.178. The standard InChI is InChI=1S/C48H32N2O/c1-3-10-33(11-4-1)34-18-20-35(21-19-34)36-22-27-40(28-23-36)49(39-12-5-2-6-13-39)41-29-24-37(25-30-41)38-26-31-42-43-14-9-17-47-48(43)50(45(42)32-38)44-15-7-8-16-46(44)51-47/h1-32H. The highest BCUT2D eigenvalue weighted by molar-refractivity contribution is 6.13. The summed E-state index contributed by atoms with van der Waals surface area (Å²) in [5.41, 5.74) is 13.9. The van der Waals surface area contributed by atoms with E-state index in [0.29, 0.717) is 0 Å². The van der Waals surface area contributed by atoms with Gasteiger partial charge in [0.15, 0.2) is 11.5 Å². The van der Waals surface area contributed by atoms with Crippen molar-refractivity contribution in [2.75, 3.05) is 4.90 Å². The van der Waals surface area contributed by atoms with E-state index >= 15 is 0 Å². The van der Waals surface area contributed by atoms with E-state index in [0.717, 1.165) is 39.8 Å². The molecule has 1 aliphatic rings. The fourth-order valence-electron chi connectivity index (χ4n) is 7.51. The Kier molecular flexibility index (Phi) is 6.81. The Labute approximate surface area is 296 Å². The zero-order valence-corrected chi connectivity index (χ0v) is 27.8. The smallest absolute Gasteiger partial charge is 0.152 e. The molecule has 10 rings (SSSR count). The third-order valence-electron chi connectivity index (χ3n) is 10.0. The van der Waals surface area contributed by atoms with Crippen molar-refractivity contribution in [2.24, 2.45) is 0 Å². The molecule has 0 radical (unpaired) electrons. The number of hydrogen-bond donors (Lipinski definition) is 0. The fourth-order valence-corrected chi connectivity index (χ4v) is 7.51. The monoisotopic (exact) mass is 652 g/mol. The average molecular weight is 653 g/mol. The first-order valence-electron chi connectivity index (χ1n) is 17.3. The van der Waals surface area contributed by atoms with Gasteiger partial charge in [-0.1, -0.05) is 133 Å². The largest absolute Gasteiger partial charge is 0.453 e. The lowest BCUT2D eigenvalue weighted by atomic mass is 10.00. The van der Waals surface area contributed by atoms with Crippen molar-refractivity contribution >= 4 is 38.9 Å². The first-order chi connectivity index (χ1) is 25.3. The first kappa shape index (κ1) is 29.1. The lowest BCUT2D eigenvalue weighted by molar-refractivity contribution is 0.476. The number of aromatic nitrogens is 1. The minimum atomic E-state index is 0.875. The van der Waals surface area contributed by atoms with E-state index in [-0.39, 0.29) is 0 Å². The Morgan fingerprint density at radius 3 is 1.51 bits per heavy atom. The molecule has 9 aromatic rings. The molecule has 0 N–H and O–H groups in total. The number of ether oxygens (including phenoxy) is 1. The number of anilines is 3. The summed E-state index contributed by atoms with van der Waals surface area (Å²) in [6.45, 7) is 0.